The fraction of sp³-hybridized carbons (Fsp3) is 0.111. The van der Waals surface area contributed by atoms with Crippen LogP contribution in [0.3, 0.4) is 0 Å². The first kappa shape index (κ1) is 14.9. The van der Waals surface area contributed by atoms with Crippen LogP contribution in [0.1, 0.15) is 12.0 Å². The van der Waals surface area contributed by atoms with Crippen LogP contribution >= 0.6 is 0 Å². The topological polar surface area (TPSA) is 37.8 Å². The molecule has 0 saturated carbocycles. The summed E-state index contributed by atoms with van der Waals surface area (Å²) >= 11 is 0. The normalized spacial score (nSPS) is 10.2. The third-order valence-corrected chi connectivity index (χ3v) is 3.24. The summed E-state index contributed by atoms with van der Waals surface area (Å²) in [6.45, 7) is 0.547. The van der Waals surface area contributed by atoms with Crippen molar-refractivity contribution in [3.63, 3.8) is 0 Å². The largest absolute Gasteiger partial charge is 0.368 e. The summed E-state index contributed by atoms with van der Waals surface area (Å²) in [6.07, 6.45) is 1.98. The summed E-state index contributed by atoms with van der Waals surface area (Å²) in [7, 11) is 0. The molecule has 0 spiro atoms. The Morgan fingerprint density at radius 2 is 1.91 bits per heavy atom. The minimum absolute atomic E-state index is 0.0671. The maximum atomic E-state index is 13.4. The second kappa shape index (κ2) is 6.84. The van der Waals surface area contributed by atoms with Crippen LogP contribution in [-0.2, 0) is 0 Å². The van der Waals surface area contributed by atoms with E-state index < -0.39 is 11.6 Å². The second-order valence-corrected chi connectivity index (χ2v) is 4.84. The Bertz CT molecular complexity index is 892. The van der Waals surface area contributed by atoms with E-state index in [1.807, 2.05) is 24.3 Å². The zero-order valence-electron chi connectivity index (χ0n) is 12.2. The monoisotopic (exact) mass is 309 g/mol. The molecule has 1 N–H and O–H groups in total. The van der Waals surface area contributed by atoms with Crippen LogP contribution in [0.4, 0.5) is 14.6 Å². The molecule has 114 valence electrons. The van der Waals surface area contributed by atoms with Crippen molar-refractivity contribution in [1.82, 2.24) is 9.97 Å². The Balaban J connectivity index is 1.64. The second-order valence-electron chi connectivity index (χ2n) is 4.84. The number of para-hydroxylation sites is 1. The minimum atomic E-state index is -0.520. The van der Waals surface area contributed by atoms with E-state index in [1.165, 1.54) is 6.33 Å². The molecule has 0 saturated heterocycles. The van der Waals surface area contributed by atoms with E-state index in [4.69, 9.17) is 0 Å². The van der Waals surface area contributed by atoms with Crippen molar-refractivity contribution in [1.29, 1.82) is 0 Å². The Labute approximate surface area is 132 Å². The summed E-state index contributed by atoms with van der Waals surface area (Å²) in [6, 6.07) is 10.9. The van der Waals surface area contributed by atoms with Crippen molar-refractivity contribution < 1.29 is 8.78 Å². The molecule has 3 rings (SSSR count). The molecule has 3 nitrogen and oxygen atoms in total. The fourth-order valence-electron chi connectivity index (χ4n) is 2.14. The van der Waals surface area contributed by atoms with Crippen molar-refractivity contribution in [3.8, 4) is 11.8 Å². The van der Waals surface area contributed by atoms with E-state index in [1.54, 1.807) is 0 Å². The molecule has 2 aromatic carbocycles. The van der Waals surface area contributed by atoms with Gasteiger partial charge in [0.25, 0.3) is 0 Å². The summed E-state index contributed by atoms with van der Waals surface area (Å²) < 4.78 is 26.4. The molecule has 5 heteroatoms. The molecule has 0 aliphatic rings. The molecule has 0 atom stereocenters. The van der Waals surface area contributed by atoms with Crippen LogP contribution in [0.25, 0.3) is 10.9 Å². The van der Waals surface area contributed by atoms with Crippen molar-refractivity contribution in [3.05, 3.63) is 66.0 Å². The summed E-state index contributed by atoms with van der Waals surface area (Å²) in [5.74, 6) is 5.18. The molecule has 0 aliphatic heterocycles. The molecule has 0 amide bonds. The van der Waals surface area contributed by atoms with E-state index in [9.17, 15) is 8.78 Å². The highest BCUT2D eigenvalue weighted by atomic mass is 19.1. The quantitative estimate of drug-likeness (QED) is 0.591. The Morgan fingerprint density at radius 1 is 1.04 bits per heavy atom. The average molecular weight is 309 g/mol. The van der Waals surface area contributed by atoms with Crippen LogP contribution in [0.15, 0.2) is 48.8 Å². The number of rotatable bonds is 3. The third kappa shape index (κ3) is 3.61. The number of benzene rings is 2. The van der Waals surface area contributed by atoms with Gasteiger partial charge < -0.3 is 5.32 Å². The number of halogens is 2. The molecule has 3 aromatic rings. The van der Waals surface area contributed by atoms with Gasteiger partial charge in [0.1, 0.15) is 23.8 Å². The van der Waals surface area contributed by atoms with E-state index in [2.05, 4.69) is 27.1 Å². The molecular weight excluding hydrogens is 296 g/mol. The lowest BCUT2D eigenvalue weighted by atomic mass is 10.2. The van der Waals surface area contributed by atoms with Crippen LogP contribution in [0, 0.1) is 23.5 Å². The van der Waals surface area contributed by atoms with Crippen molar-refractivity contribution in [2.45, 2.75) is 6.42 Å². The standard InChI is InChI=1S/C18H13F2N3/c19-14-8-9-16(20)13(11-14)5-3-4-10-21-18-15-6-1-2-7-17(15)22-12-23-18/h1-2,6-9,11-12H,4,10H2,(H,21,22,23). The molecule has 1 aromatic heterocycles. The summed E-state index contributed by atoms with van der Waals surface area (Å²) in [4.78, 5) is 8.40. The van der Waals surface area contributed by atoms with Crippen molar-refractivity contribution in [2.24, 2.45) is 0 Å². The smallest absolute Gasteiger partial charge is 0.139 e. The average Bonchev–Trinajstić information content (AvgIpc) is 2.57. The fourth-order valence-corrected chi connectivity index (χ4v) is 2.14. The molecule has 0 unspecified atom stereocenters. The Morgan fingerprint density at radius 3 is 2.83 bits per heavy atom. The number of hydrogen-bond acceptors (Lipinski definition) is 3. The first-order chi connectivity index (χ1) is 11.2. The molecule has 23 heavy (non-hydrogen) atoms. The molecule has 0 bridgehead atoms. The predicted molar refractivity (Wildman–Crippen MR) is 85.9 cm³/mol. The minimum Gasteiger partial charge on any atom is -0.368 e. The first-order valence-electron chi connectivity index (χ1n) is 7.11. The van der Waals surface area contributed by atoms with Crippen LogP contribution in [0.5, 0.6) is 0 Å². The van der Waals surface area contributed by atoms with Gasteiger partial charge in [0.15, 0.2) is 0 Å². The number of nitrogens with zero attached hydrogens (tertiary/aromatic N) is 2. The number of hydrogen-bond donors (Lipinski definition) is 1. The zero-order valence-corrected chi connectivity index (χ0v) is 12.2. The lowest BCUT2D eigenvalue weighted by Gasteiger charge is -2.05. The molecule has 0 radical (unpaired) electrons. The van der Waals surface area contributed by atoms with Gasteiger partial charge in [0.05, 0.1) is 11.1 Å². The van der Waals surface area contributed by atoms with Gasteiger partial charge in [-0.25, -0.2) is 18.7 Å². The van der Waals surface area contributed by atoms with Crippen LogP contribution in [-0.4, -0.2) is 16.5 Å². The van der Waals surface area contributed by atoms with Crippen LogP contribution in [0.2, 0.25) is 0 Å². The first-order valence-corrected chi connectivity index (χ1v) is 7.11. The SMILES string of the molecule is Fc1ccc(F)c(C#CCCNc2ncnc3ccccc23)c1. The number of fused-ring (bicyclic) bond motifs is 1. The summed E-state index contributed by atoms with van der Waals surface area (Å²) in [5, 5.41) is 4.11. The van der Waals surface area contributed by atoms with Gasteiger partial charge >= 0.3 is 0 Å². The van der Waals surface area contributed by atoms with Gasteiger partial charge in [0.2, 0.25) is 0 Å². The lowest BCUT2D eigenvalue weighted by molar-refractivity contribution is 0.597. The lowest BCUT2D eigenvalue weighted by Crippen LogP contribution is -2.03. The third-order valence-electron chi connectivity index (χ3n) is 3.24. The van der Waals surface area contributed by atoms with Gasteiger partial charge in [0, 0.05) is 18.4 Å². The van der Waals surface area contributed by atoms with Crippen molar-refractivity contribution in [2.75, 3.05) is 11.9 Å². The van der Waals surface area contributed by atoms with Crippen LogP contribution < -0.4 is 5.32 Å². The predicted octanol–water partition coefficient (Wildman–Crippen LogP) is 3.76. The summed E-state index contributed by atoms with van der Waals surface area (Å²) in [5.41, 5.74) is 0.926. The highest BCUT2D eigenvalue weighted by Crippen LogP contribution is 2.17. The highest BCUT2D eigenvalue weighted by Gasteiger charge is 2.02. The molecule has 1 heterocycles. The number of aromatic nitrogens is 2. The van der Waals surface area contributed by atoms with Gasteiger partial charge in [-0.1, -0.05) is 24.0 Å². The molecule has 0 fully saturated rings. The van der Waals surface area contributed by atoms with Gasteiger partial charge in [-0.3, -0.25) is 0 Å². The van der Waals surface area contributed by atoms with E-state index in [0.29, 0.717) is 13.0 Å². The Hall–Kier alpha value is -3.00. The number of nitrogens with one attached hydrogen (secondary N) is 1. The highest BCUT2D eigenvalue weighted by molar-refractivity contribution is 5.88. The zero-order chi connectivity index (χ0) is 16.1. The Kier molecular flexibility index (Phi) is 4.44. The van der Waals surface area contributed by atoms with Gasteiger partial charge in [-0.2, -0.15) is 0 Å². The van der Waals surface area contributed by atoms with E-state index in [0.717, 1.165) is 34.9 Å². The van der Waals surface area contributed by atoms with Gasteiger partial charge in [-0.05, 0) is 30.3 Å². The molecule has 0 aliphatic carbocycles. The molecular formula is C18H13F2N3. The maximum absolute atomic E-state index is 13.4. The van der Waals surface area contributed by atoms with Crippen molar-refractivity contribution >= 4 is 16.7 Å². The van der Waals surface area contributed by atoms with E-state index in [-0.39, 0.29) is 5.56 Å². The number of anilines is 1. The maximum Gasteiger partial charge on any atom is 0.139 e. The van der Waals surface area contributed by atoms with E-state index >= 15 is 0 Å². The van der Waals surface area contributed by atoms with Gasteiger partial charge in [-0.15, -0.1) is 0 Å².